The summed E-state index contributed by atoms with van der Waals surface area (Å²) in [4.78, 5) is 0. The minimum atomic E-state index is 0.304. The first kappa shape index (κ1) is 9.38. The van der Waals surface area contributed by atoms with Gasteiger partial charge in [-0.1, -0.05) is 0 Å². The van der Waals surface area contributed by atoms with Crippen molar-refractivity contribution in [3.8, 4) is 5.88 Å². The highest BCUT2D eigenvalue weighted by Gasteiger charge is 2.28. The number of ether oxygens (including phenoxy) is 1. The van der Waals surface area contributed by atoms with E-state index in [1.165, 1.54) is 12.8 Å². The van der Waals surface area contributed by atoms with Gasteiger partial charge in [0.25, 0.3) is 0 Å². The van der Waals surface area contributed by atoms with E-state index in [0.29, 0.717) is 24.4 Å². The molecule has 1 saturated carbocycles. The van der Waals surface area contributed by atoms with Gasteiger partial charge in [-0.3, -0.25) is 0 Å². The number of nitrogens with two attached hydrogens (primary N) is 1. The SMILES string of the molecule is CCOc1cc(C2CC2)c2nnc(N)n2n1. The fourth-order valence-electron chi connectivity index (χ4n) is 1.81. The van der Waals surface area contributed by atoms with Gasteiger partial charge in [0.1, 0.15) is 0 Å². The van der Waals surface area contributed by atoms with Crippen molar-refractivity contribution in [1.82, 2.24) is 19.8 Å². The van der Waals surface area contributed by atoms with Crippen LogP contribution in [0.4, 0.5) is 5.95 Å². The molecule has 0 aliphatic heterocycles. The number of rotatable bonds is 3. The van der Waals surface area contributed by atoms with E-state index in [1.807, 2.05) is 13.0 Å². The standard InChI is InChI=1S/C10H13N5O/c1-2-16-8-5-7(6-3-4-6)9-12-13-10(11)15(9)14-8/h5-6H,2-4H2,1H3,(H2,11,13). The van der Waals surface area contributed by atoms with Crippen molar-refractivity contribution >= 4 is 11.6 Å². The first-order chi connectivity index (χ1) is 7.79. The zero-order valence-electron chi connectivity index (χ0n) is 9.05. The third-order valence-electron chi connectivity index (χ3n) is 2.71. The maximum absolute atomic E-state index is 5.70. The van der Waals surface area contributed by atoms with Crippen molar-refractivity contribution in [3.63, 3.8) is 0 Å². The number of anilines is 1. The molecule has 0 atom stereocenters. The molecule has 2 heterocycles. The van der Waals surface area contributed by atoms with Crippen LogP contribution in [0, 0.1) is 0 Å². The molecule has 0 amide bonds. The highest BCUT2D eigenvalue weighted by Crippen LogP contribution is 2.42. The number of hydrogen-bond acceptors (Lipinski definition) is 5. The Hall–Kier alpha value is -1.85. The largest absolute Gasteiger partial charge is 0.477 e. The molecule has 1 aliphatic rings. The lowest BCUT2D eigenvalue weighted by molar-refractivity contribution is 0.321. The molecule has 6 heteroatoms. The molecular formula is C10H13N5O. The van der Waals surface area contributed by atoms with Gasteiger partial charge in [-0.15, -0.1) is 15.3 Å². The molecule has 0 spiro atoms. The number of nitrogen functional groups attached to an aromatic ring is 1. The van der Waals surface area contributed by atoms with Gasteiger partial charge in [0.15, 0.2) is 5.65 Å². The third kappa shape index (κ3) is 1.37. The summed E-state index contributed by atoms with van der Waals surface area (Å²) in [5.41, 5.74) is 7.60. The summed E-state index contributed by atoms with van der Waals surface area (Å²) in [5.74, 6) is 1.45. The Bertz CT molecular complexity index is 531. The van der Waals surface area contributed by atoms with Crippen LogP contribution in [0.3, 0.4) is 0 Å². The second-order valence-electron chi connectivity index (χ2n) is 3.94. The molecule has 0 radical (unpaired) electrons. The topological polar surface area (TPSA) is 78.3 Å². The zero-order valence-corrected chi connectivity index (χ0v) is 9.05. The molecule has 0 aromatic carbocycles. The van der Waals surface area contributed by atoms with Crippen molar-refractivity contribution in [2.45, 2.75) is 25.7 Å². The van der Waals surface area contributed by atoms with Crippen molar-refractivity contribution in [2.75, 3.05) is 12.3 Å². The van der Waals surface area contributed by atoms with E-state index in [4.69, 9.17) is 10.5 Å². The van der Waals surface area contributed by atoms with Gasteiger partial charge >= 0.3 is 0 Å². The molecule has 1 aliphatic carbocycles. The average Bonchev–Trinajstić information content (AvgIpc) is 3.05. The van der Waals surface area contributed by atoms with Gasteiger partial charge < -0.3 is 10.5 Å². The van der Waals surface area contributed by atoms with E-state index in [9.17, 15) is 0 Å². The van der Waals surface area contributed by atoms with E-state index < -0.39 is 0 Å². The third-order valence-corrected chi connectivity index (χ3v) is 2.71. The van der Waals surface area contributed by atoms with Crippen molar-refractivity contribution in [1.29, 1.82) is 0 Å². The van der Waals surface area contributed by atoms with Gasteiger partial charge in [-0.25, -0.2) is 0 Å². The number of nitrogens with zero attached hydrogens (tertiary/aromatic N) is 4. The highest BCUT2D eigenvalue weighted by atomic mass is 16.5. The molecule has 84 valence electrons. The molecule has 16 heavy (non-hydrogen) atoms. The quantitative estimate of drug-likeness (QED) is 0.832. The maximum Gasteiger partial charge on any atom is 0.243 e. The molecular weight excluding hydrogens is 206 g/mol. The summed E-state index contributed by atoms with van der Waals surface area (Å²) in [5, 5.41) is 12.1. The van der Waals surface area contributed by atoms with Gasteiger partial charge in [0, 0.05) is 11.6 Å². The first-order valence-electron chi connectivity index (χ1n) is 5.44. The van der Waals surface area contributed by atoms with Crippen LogP contribution in [-0.4, -0.2) is 26.4 Å². The van der Waals surface area contributed by atoms with Crippen LogP contribution in [-0.2, 0) is 0 Å². The Kier molecular flexibility index (Phi) is 1.95. The monoisotopic (exact) mass is 219 g/mol. The number of hydrogen-bond donors (Lipinski definition) is 1. The second kappa shape index (κ2) is 3.33. The smallest absolute Gasteiger partial charge is 0.243 e. The second-order valence-corrected chi connectivity index (χ2v) is 3.94. The Morgan fingerprint density at radius 2 is 2.31 bits per heavy atom. The first-order valence-corrected chi connectivity index (χ1v) is 5.44. The Labute approximate surface area is 92.4 Å². The summed E-state index contributed by atoms with van der Waals surface area (Å²) < 4.78 is 6.97. The van der Waals surface area contributed by atoms with Crippen LogP contribution in [0.5, 0.6) is 5.88 Å². The number of fused-ring (bicyclic) bond motifs is 1. The van der Waals surface area contributed by atoms with Gasteiger partial charge in [0.05, 0.1) is 6.61 Å². The summed E-state index contributed by atoms with van der Waals surface area (Å²) in [7, 11) is 0. The summed E-state index contributed by atoms with van der Waals surface area (Å²) in [6.07, 6.45) is 2.38. The van der Waals surface area contributed by atoms with Crippen LogP contribution in [0.25, 0.3) is 5.65 Å². The van der Waals surface area contributed by atoms with E-state index in [1.54, 1.807) is 4.52 Å². The minimum Gasteiger partial charge on any atom is -0.477 e. The molecule has 0 bridgehead atoms. The molecule has 0 saturated heterocycles. The van der Waals surface area contributed by atoms with Gasteiger partial charge in [-0.2, -0.15) is 4.52 Å². The Morgan fingerprint density at radius 1 is 1.50 bits per heavy atom. The molecule has 2 N–H and O–H groups in total. The summed E-state index contributed by atoms with van der Waals surface area (Å²) in [6, 6.07) is 1.95. The van der Waals surface area contributed by atoms with E-state index in [-0.39, 0.29) is 0 Å². The zero-order chi connectivity index (χ0) is 11.1. The van der Waals surface area contributed by atoms with Crippen LogP contribution in [0.1, 0.15) is 31.2 Å². The fraction of sp³-hybridized carbons (Fsp3) is 0.500. The normalized spacial score (nSPS) is 15.6. The Morgan fingerprint density at radius 3 is 3.00 bits per heavy atom. The van der Waals surface area contributed by atoms with Crippen molar-refractivity contribution in [2.24, 2.45) is 0 Å². The van der Waals surface area contributed by atoms with Crippen molar-refractivity contribution in [3.05, 3.63) is 11.6 Å². The summed E-state index contributed by atoms with van der Waals surface area (Å²) in [6.45, 7) is 2.52. The lowest BCUT2D eigenvalue weighted by atomic mass is 10.2. The molecule has 0 unspecified atom stereocenters. The van der Waals surface area contributed by atoms with Crippen LogP contribution in [0.15, 0.2) is 6.07 Å². The fourth-order valence-corrected chi connectivity index (χ4v) is 1.81. The highest BCUT2D eigenvalue weighted by molar-refractivity contribution is 5.54. The minimum absolute atomic E-state index is 0.304. The Balaban J connectivity index is 2.20. The van der Waals surface area contributed by atoms with Crippen LogP contribution in [0.2, 0.25) is 0 Å². The predicted molar refractivity (Wildman–Crippen MR) is 58.3 cm³/mol. The van der Waals surface area contributed by atoms with E-state index >= 15 is 0 Å². The lowest BCUT2D eigenvalue weighted by Gasteiger charge is -2.06. The van der Waals surface area contributed by atoms with Gasteiger partial charge in [-0.05, 0) is 25.7 Å². The molecule has 3 rings (SSSR count). The average molecular weight is 219 g/mol. The van der Waals surface area contributed by atoms with Crippen molar-refractivity contribution < 1.29 is 4.74 Å². The lowest BCUT2D eigenvalue weighted by Crippen LogP contribution is -2.04. The van der Waals surface area contributed by atoms with E-state index in [2.05, 4.69) is 15.3 Å². The molecule has 6 nitrogen and oxygen atoms in total. The maximum atomic E-state index is 5.70. The van der Waals surface area contributed by atoms with Crippen LogP contribution >= 0.6 is 0 Å². The van der Waals surface area contributed by atoms with Crippen LogP contribution < -0.4 is 10.5 Å². The number of aromatic nitrogens is 4. The molecule has 2 aromatic rings. The van der Waals surface area contributed by atoms with E-state index in [0.717, 1.165) is 11.2 Å². The molecule has 1 fully saturated rings. The molecule has 2 aromatic heterocycles. The predicted octanol–water partition coefficient (Wildman–Crippen LogP) is 0.983. The van der Waals surface area contributed by atoms with Gasteiger partial charge in [0.2, 0.25) is 11.8 Å². The summed E-state index contributed by atoms with van der Waals surface area (Å²) >= 11 is 0.